The summed E-state index contributed by atoms with van der Waals surface area (Å²) in [6, 6.07) is 0. The van der Waals surface area contributed by atoms with Crippen LogP contribution in [0, 0.1) is 0 Å². The highest BCUT2D eigenvalue weighted by molar-refractivity contribution is 6.21. The van der Waals surface area contributed by atoms with Gasteiger partial charge in [0.1, 0.15) is 0 Å². The highest BCUT2D eigenvalue weighted by Gasteiger charge is 2.23. The van der Waals surface area contributed by atoms with Crippen molar-refractivity contribution in [3.05, 3.63) is 0 Å². The Bertz CT molecular complexity index is 245. The van der Waals surface area contributed by atoms with Gasteiger partial charge in [-0.25, -0.2) is 0 Å². The van der Waals surface area contributed by atoms with Crippen LogP contribution >= 0.6 is 11.6 Å². The molecule has 1 saturated carbocycles. The number of alkyl halides is 1. The number of ether oxygens (including phenoxy) is 2. The van der Waals surface area contributed by atoms with E-state index in [-0.39, 0.29) is 11.5 Å². The third kappa shape index (κ3) is 9.34. The van der Waals surface area contributed by atoms with E-state index in [1.54, 1.807) is 0 Å². The van der Waals surface area contributed by atoms with Crippen LogP contribution in [0.4, 0.5) is 0 Å². The predicted octanol–water partition coefficient (Wildman–Crippen LogP) is 4.47. The van der Waals surface area contributed by atoms with Gasteiger partial charge in [-0.05, 0) is 38.8 Å². The minimum Gasteiger partial charge on any atom is -0.378 e. The van der Waals surface area contributed by atoms with Crippen molar-refractivity contribution in [2.75, 3.05) is 39.5 Å². The maximum Gasteiger partial charge on any atom is 0.0739 e. The second kappa shape index (κ2) is 13.6. The number of halogens is 1. The van der Waals surface area contributed by atoms with Gasteiger partial charge in [0.05, 0.1) is 31.3 Å². The van der Waals surface area contributed by atoms with E-state index in [2.05, 4.69) is 18.7 Å². The van der Waals surface area contributed by atoms with Crippen molar-refractivity contribution in [3.8, 4) is 0 Å². The van der Waals surface area contributed by atoms with Gasteiger partial charge in [0.2, 0.25) is 0 Å². The van der Waals surface area contributed by atoms with Crippen molar-refractivity contribution >= 4 is 11.6 Å². The van der Waals surface area contributed by atoms with Crippen molar-refractivity contribution in [3.63, 3.8) is 0 Å². The normalized spacial score (nSPS) is 22.4. The molecule has 1 fully saturated rings. The standard InChI is InChI=1S/C18H36ClNO2/c1-3-5-11-20(12-6-4-2)13-14-21-15-16-22-18-10-8-7-9-17(18)19/h17-18H,3-16H2,1-2H3/t17-,18+/m0/s1. The third-order valence-electron chi connectivity index (χ3n) is 4.39. The Morgan fingerprint density at radius 1 is 0.909 bits per heavy atom. The molecule has 0 saturated heterocycles. The van der Waals surface area contributed by atoms with Crippen molar-refractivity contribution in [1.29, 1.82) is 0 Å². The summed E-state index contributed by atoms with van der Waals surface area (Å²) in [5, 5.41) is 0.201. The van der Waals surface area contributed by atoms with Gasteiger partial charge >= 0.3 is 0 Å². The minimum absolute atomic E-state index is 0.201. The molecule has 0 aromatic carbocycles. The molecule has 22 heavy (non-hydrogen) atoms. The summed E-state index contributed by atoms with van der Waals surface area (Å²) in [7, 11) is 0. The first-order chi connectivity index (χ1) is 10.8. The van der Waals surface area contributed by atoms with Gasteiger partial charge in [0.15, 0.2) is 0 Å². The SMILES string of the molecule is CCCCN(CCCC)CCOCCO[C@@H]1CCCC[C@@H]1Cl. The quantitative estimate of drug-likeness (QED) is 0.366. The molecule has 132 valence electrons. The van der Waals surface area contributed by atoms with Gasteiger partial charge in [-0.3, -0.25) is 0 Å². The first-order valence-corrected chi connectivity index (χ1v) is 9.77. The zero-order valence-corrected chi connectivity index (χ0v) is 15.5. The van der Waals surface area contributed by atoms with E-state index in [1.165, 1.54) is 51.6 Å². The van der Waals surface area contributed by atoms with Crippen LogP contribution in [0.25, 0.3) is 0 Å². The van der Waals surface area contributed by atoms with Crippen LogP contribution in [0.2, 0.25) is 0 Å². The molecular formula is C18H36ClNO2. The molecule has 0 heterocycles. The van der Waals surface area contributed by atoms with E-state index >= 15 is 0 Å². The topological polar surface area (TPSA) is 21.7 Å². The molecule has 0 radical (unpaired) electrons. The van der Waals surface area contributed by atoms with E-state index in [9.17, 15) is 0 Å². The molecule has 0 aromatic rings. The third-order valence-corrected chi connectivity index (χ3v) is 4.89. The maximum absolute atomic E-state index is 6.29. The Labute approximate surface area is 142 Å². The smallest absolute Gasteiger partial charge is 0.0739 e. The maximum atomic E-state index is 6.29. The van der Waals surface area contributed by atoms with Gasteiger partial charge < -0.3 is 14.4 Å². The van der Waals surface area contributed by atoms with Crippen LogP contribution in [-0.4, -0.2) is 55.8 Å². The molecule has 4 heteroatoms. The Morgan fingerprint density at radius 3 is 2.23 bits per heavy atom. The van der Waals surface area contributed by atoms with Gasteiger partial charge in [-0.2, -0.15) is 0 Å². The van der Waals surface area contributed by atoms with E-state index < -0.39 is 0 Å². The van der Waals surface area contributed by atoms with Crippen LogP contribution < -0.4 is 0 Å². The van der Waals surface area contributed by atoms with Crippen LogP contribution in [0.3, 0.4) is 0 Å². The Kier molecular flexibility index (Phi) is 12.5. The lowest BCUT2D eigenvalue weighted by Crippen LogP contribution is -2.31. The Morgan fingerprint density at radius 2 is 1.59 bits per heavy atom. The van der Waals surface area contributed by atoms with Crippen LogP contribution in [0.1, 0.15) is 65.2 Å². The second-order valence-corrected chi connectivity index (χ2v) is 6.93. The lowest BCUT2D eigenvalue weighted by Gasteiger charge is -2.27. The van der Waals surface area contributed by atoms with Crippen molar-refractivity contribution in [1.82, 2.24) is 4.90 Å². The van der Waals surface area contributed by atoms with E-state index in [0.29, 0.717) is 13.2 Å². The fourth-order valence-electron chi connectivity index (χ4n) is 2.89. The number of rotatable bonds is 13. The van der Waals surface area contributed by atoms with Crippen LogP contribution in [0.15, 0.2) is 0 Å². The minimum atomic E-state index is 0.201. The monoisotopic (exact) mass is 333 g/mol. The molecule has 2 atom stereocenters. The van der Waals surface area contributed by atoms with Crippen LogP contribution in [-0.2, 0) is 9.47 Å². The van der Waals surface area contributed by atoms with E-state index in [1.807, 2.05) is 0 Å². The summed E-state index contributed by atoms with van der Waals surface area (Å²) in [5.74, 6) is 0. The Hall–Kier alpha value is 0.170. The van der Waals surface area contributed by atoms with Crippen LogP contribution in [0.5, 0.6) is 0 Å². The zero-order valence-electron chi connectivity index (χ0n) is 14.7. The average Bonchev–Trinajstić information content (AvgIpc) is 2.54. The lowest BCUT2D eigenvalue weighted by molar-refractivity contribution is -0.0113. The van der Waals surface area contributed by atoms with Crippen molar-refractivity contribution < 1.29 is 9.47 Å². The molecular weight excluding hydrogens is 298 g/mol. The molecule has 0 spiro atoms. The summed E-state index contributed by atoms with van der Waals surface area (Å²) in [6.07, 6.45) is 10.0. The first kappa shape index (κ1) is 20.2. The van der Waals surface area contributed by atoms with Crippen molar-refractivity contribution in [2.45, 2.75) is 76.7 Å². The molecule has 0 aliphatic heterocycles. The number of hydrogen-bond acceptors (Lipinski definition) is 3. The predicted molar refractivity (Wildman–Crippen MR) is 94.9 cm³/mol. The summed E-state index contributed by atoms with van der Waals surface area (Å²) in [4.78, 5) is 2.53. The molecule has 0 amide bonds. The molecule has 0 N–H and O–H groups in total. The second-order valence-electron chi connectivity index (χ2n) is 6.37. The fraction of sp³-hybridized carbons (Fsp3) is 1.00. The lowest BCUT2D eigenvalue weighted by atomic mass is 9.97. The molecule has 1 aliphatic rings. The van der Waals surface area contributed by atoms with Gasteiger partial charge in [0, 0.05) is 6.54 Å². The number of unbranched alkanes of at least 4 members (excludes halogenated alkanes) is 2. The zero-order chi connectivity index (χ0) is 16.0. The first-order valence-electron chi connectivity index (χ1n) is 9.33. The highest BCUT2D eigenvalue weighted by atomic mass is 35.5. The summed E-state index contributed by atoms with van der Waals surface area (Å²) in [6.45, 7) is 10.1. The van der Waals surface area contributed by atoms with Gasteiger partial charge in [0.25, 0.3) is 0 Å². The summed E-state index contributed by atoms with van der Waals surface area (Å²) >= 11 is 6.29. The van der Waals surface area contributed by atoms with Gasteiger partial charge in [-0.1, -0.05) is 39.5 Å². The largest absolute Gasteiger partial charge is 0.378 e. The molecule has 0 bridgehead atoms. The number of hydrogen-bond donors (Lipinski definition) is 0. The molecule has 1 aliphatic carbocycles. The average molecular weight is 334 g/mol. The summed E-state index contributed by atoms with van der Waals surface area (Å²) < 4.78 is 11.6. The summed E-state index contributed by atoms with van der Waals surface area (Å²) in [5.41, 5.74) is 0. The van der Waals surface area contributed by atoms with E-state index in [0.717, 1.165) is 26.0 Å². The Balaban J connectivity index is 2.01. The van der Waals surface area contributed by atoms with Gasteiger partial charge in [-0.15, -0.1) is 11.6 Å². The fourth-order valence-corrected chi connectivity index (χ4v) is 3.25. The molecule has 0 unspecified atom stereocenters. The number of nitrogens with zero attached hydrogens (tertiary/aromatic N) is 1. The van der Waals surface area contributed by atoms with Crippen molar-refractivity contribution in [2.24, 2.45) is 0 Å². The molecule has 0 aromatic heterocycles. The van der Waals surface area contributed by atoms with E-state index in [4.69, 9.17) is 21.1 Å². The molecule has 1 rings (SSSR count). The highest BCUT2D eigenvalue weighted by Crippen LogP contribution is 2.25. The molecule has 3 nitrogen and oxygen atoms in total.